The van der Waals surface area contributed by atoms with Crippen molar-refractivity contribution >= 4 is 22.7 Å². The zero-order valence-electron chi connectivity index (χ0n) is 17.4. The second kappa shape index (κ2) is 15.5. The maximum atomic E-state index is 10.3. The minimum atomic E-state index is -1.06. The Balaban J connectivity index is 0.000000232. The van der Waals surface area contributed by atoms with Gasteiger partial charge in [0.15, 0.2) is 0 Å². The predicted molar refractivity (Wildman–Crippen MR) is 117 cm³/mol. The van der Waals surface area contributed by atoms with Crippen LogP contribution in [-0.2, 0) is 19.5 Å². The number of hydrogen-bond donors (Lipinski definition) is 4. The third kappa shape index (κ3) is 10.6. The van der Waals surface area contributed by atoms with Crippen LogP contribution in [0.2, 0.25) is 0 Å². The molecule has 0 radical (unpaired) electrons. The first-order valence-corrected chi connectivity index (χ1v) is 9.19. The Morgan fingerprint density at radius 3 is 1.12 bits per heavy atom. The van der Waals surface area contributed by atoms with Crippen LogP contribution in [0.5, 0.6) is 0 Å². The molecular weight excluding hydrogens is 478 g/mol. The summed E-state index contributed by atoms with van der Waals surface area (Å²) in [5.74, 6) is -2.13. The monoisotopic (exact) mass is 496 g/mol. The summed E-state index contributed by atoms with van der Waals surface area (Å²) < 4.78 is 0. The first-order valence-electron chi connectivity index (χ1n) is 9.19. The maximum absolute atomic E-state index is 10.3. The number of fused-ring (bicyclic) bond motifs is 1. The summed E-state index contributed by atoms with van der Waals surface area (Å²) in [4.78, 5) is 20.7. The number of carboxylic acid groups (broad SMARTS) is 2. The number of aromatic nitrogens is 6. The zero-order valence-corrected chi connectivity index (χ0v) is 20.4. The number of carboxylic acids is 2. The van der Waals surface area contributed by atoms with Crippen molar-refractivity contribution in [3.63, 3.8) is 0 Å². The fourth-order valence-corrected chi connectivity index (χ4v) is 2.22. The largest absolute Gasteiger partial charge is 0.478 e. The van der Waals surface area contributed by atoms with Crippen molar-refractivity contribution < 1.29 is 39.3 Å². The van der Waals surface area contributed by atoms with Crippen LogP contribution in [0, 0.1) is 0 Å². The van der Waals surface area contributed by atoms with E-state index in [1.165, 1.54) is 35.0 Å². The molecule has 33 heavy (non-hydrogen) atoms. The van der Waals surface area contributed by atoms with Crippen LogP contribution >= 0.6 is 0 Å². The Morgan fingerprint density at radius 2 is 0.939 bits per heavy atom. The molecule has 5 rings (SSSR count). The Bertz CT molecular complexity index is 1020. The molecule has 0 unspecified atom stereocenters. The molecule has 0 spiro atoms. The quantitative estimate of drug-likeness (QED) is 0.270. The van der Waals surface area contributed by atoms with Crippen molar-refractivity contribution in [2.75, 3.05) is 0 Å². The van der Waals surface area contributed by atoms with E-state index >= 15 is 0 Å². The Labute approximate surface area is 201 Å². The predicted octanol–water partition coefficient (Wildman–Crippen LogP) is 3.53. The topological polar surface area (TPSA) is 158 Å². The minimum absolute atomic E-state index is 0. The van der Waals surface area contributed by atoms with Gasteiger partial charge in [-0.15, -0.1) is 10.2 Å². The van der Waals surface area contributed by atoms with E-state index < -0.39 is 11.9 Å². The van der Waals surface area contributed by atoms with Gasteiger partial charge < -0.3 is 10.2 Å². The molecule has 10 nitrogen and oxygen atoms in total. The molecule has 3 aromatic carbocycles. The van der Waals surface area contributed by atoms with Gasteiger partial charge in [-0.3, -0.25) is 10.2 Å². The SMILES string of the molecule is O=C(O)c1ccc(C(=O)O)cc1.[Zn].c1c[nH]nn1.c1c[nH]nn1.c1ccc2ccccc2c1. The van der Waals surface area contributed by atoms with E-state index in [0.29, 0.717) is 0 Å². The molecule has 0 aliphatic carbocycles. The molecule has 0 aliphatic rings. The molecule has 0 amide bonds. The van der Waals surface area contributed by atoms with Crippen LogP contribution in [-0.4, -0.2) is 53.0 Å². The van der Waals surface area contributed by atoms with Crippen molar-refractivity contribution in [2.45, 2.75) is 0 Å². The van der Waals surface area contributed by atoms with E-state index in [4.69, 9.17) is 10.2 Å². The number of H-pyrrole nitrogens is 2. The number of carbonyl (C=O) groups is 2. The molecule has 0 atom stereocenters. The number of aromatic amines is 2. The van der Waals surface area contributed by atoms with Gasteiger partial charge in [0.25, 0.3) is 0 Å². The smallest absolute Gasteiger partial charge is 0.335 e. The number of aromatic carboxylic acids is 2. The molecule has 5 aromatic rings. The average Bonchev–Trinajstić information content (AvgIpc) is 3.59. The van der Waals surface area contributed by atoms with Crippen molar-refractivity contribution in [1.29, 1.82) is 0 Å². The van der Waals surface area contributed by atoms with Gasteiger partial charge in [-0.1, -0.05) is 59.0 Å². The second-order valence-corrected chi connectivity index (χ2v) is 5.86. The number of benzene rings is 3. The third-order valence-corrected chi connectivity index (χ3v) is 3.70. The van der Waals surface area contributed by atoms with Gasteiger partial charge in [0.1, 0.15) is 0 Å². The summed E-state index contributed by atoms with van der Waals surface area (Å²) in [6, 6.07) is 21.7. The van der Waals surface area contributed by atoms with Crippen LogP contribution in [0.3, 0.4) is 0 Å². The number of hydrogen-bond acceptors (Lipinski definition) is 6. The molecule has 2 heterocycles. The van der Waals surface area contributed by atoms with Gasteiger partial charge in [-0.05, 0) is 35.0 Å². The summed E-state index contributed by atoms with van der Waals surface area (Å²) in [6.07, 6.45) is 6.47. The normalized spacial score (nSPS) is 8.85. The van der Waals surface area contributed by atoms with Gasteiger partial charge >= 0.3 is 11.9 Å². The second-order valence-electron chi connectivity index (χ2n) is 5.86. The van der Waals surface area contributed by atoms with E-state index in [0.717, 1.165) is 0 Å². The van der Waals surface area contributed by atoms with E-state index in [9.17, 15) is 9.59 Å². The van der Waals surface area contributed by atoms with Crippen LogP contribution in [0.1, 0.15) is 20.7 Å². The molecule has 2 aromatic heterocycles. The molecule has 164 valence electrons. The van der Waals surface area contributed by atoms with Crippen LogP contribution in [0.4, 0.5) is 0 Å². The average molecular weight is 498 g/mol. The Kier molecular flexibility index (Phi) is 12.6. The molecule has 0 aliphatic heterocycles. The molecule has 0 saturated heterocycles. The van der Waals surface area contributed by atoms with Crippen molar-refractivity contribution in [1.82, 2.24) is 30.8 Å². The summed E-state index contributed by atoms with van der Waals surface area (Å²) in [5, 5.41) is 38.1. The minimum Gasteiger partial charge on any atom is -0.478 e. The fourth-order valence-electron chi connectivity index (χ4n) is 2.22. The number of nitrogens with zero attached hydrogens (tertiary/aromatic N) is 4. The first kappa shape index (κ1) is 26.8. The summed E-state index contributed by atoms with van der Waals surface area (Å²) in [5.41, 5.74) is 0.167. The molecular formula is C22H20N6O4Zn. The van der Waals surface area contributed by atoms with E-state index in [-0.39, 0.29) is 30.6 Å². The molecule has 11 heteroatoms. The van der Waals surface area contributed by atoms with Crippen molar-refractivity contribution in [3.8, 4) is 0 Å². The van der Waals surface area contributed by atoms with Gasteiger partial charge in [0.05, 0.1) is 23.5 Å². The summed E-state index contributed by atoms with van der Waals surface area (Å²) >= 11 is 0. The van der Waals surface area contributed by atoms with Crippen LogP contribution in [0.25, 0.3) is 10.8 Å². The van der Waals surface area contributed by atoms with Gasteiger partial charge in [0, 0.05) is 31.9 Å². The van der Waals surface area contributed by atoms with E-state index in [2.05, 4.69) is 79.4 Å². The molecule has 0 fully saturated rings. The van der Waals surface area contributed by atoms with Crippen LogP contribution in [0.15, 0.2) is 97.6 Å². The molecule has 0 saturated carbocycles. The summed E-state index contributed by atoms with van der Waals surface area (Å²) in [7, 11) is 0. The Hall–Kier alpha value is -4.24. The number of rotatable bonds is 2. The first-order chi connectivity index (χ1) is 15.6. The fraction of sp³-hybridized carbons (Fsp3) is 0. The van der Waals surface area contributed by atoms with Crippen LogP contribution < -0.4 is 0 Å². The standard InChI is InChI=1S/C10H8.C8H6O4.2C2H3N3.Zn/c1-2-6-10-8-4-3-7-9(10)5-1;9-7(10)5-1-2-6(4-3-5)8(11)12;2*1-2-4-5-3-1;/h1-8H;1-4H,(H,9,10)(H,11,12);2*1-2H,(H,3,4,5);. The third-order valence-electron chi connectivity index (χ3n) is 3.70. The van der Waals surface area contributed by atoms with Gasteiger partial charge in [-0.25, -0.2) is 9.59 Å². The van der Waals surface area contributed by atoms with E-state index in [1.54, 1.807) is 24.8 Å². The Morgan fingerprint density at radius 1 is 0.606 bits per heavy atom. The van der Waals surface area contributed by atoms with E-state index in [1.807, 2.05) is 0 Å². The summed E-state index contributed by atoms with van der Waals surface area (Å²) in [6.45, 7) is 0. The van der Waals surface area contributed by atoms with Gasteiger partial charge in [0.2, 0.25) is 0 Å². The van der Waals surface area contributed by atoms with Crippen molar-refractivity contribution in [2.24, 2.45) is 0 Å². The molecule has 0 bridgehead atoms. The van der Waals surface area contributed by atoms with Gasteiger partial charge in [-0.2, -0.15) is 0 Å². The zero-order chi connectivity index (χ0) is 23.0. The number of nitrogens with one attached hydrogen (secondary N) is 2. The van der Waals surface area contributed by atoms with Crippen molar-refractivity contribution in [3.05, 3.63) is 109 Å². The molecule has 4 N–H and O–H groups in total. The maximum Gasteiger partial charge on any atom is 0.335 e.